The van der Waals surface area contributed by atoms with Crippen molar-refractivity contribution in [1.29, 1.82) is 0 Å². The third-order valence-electron chi connectivity index (χ3n) is 5.48. The second-order valence-corrected chi connectivity index (χ2v) is 8.96. The molecule has 9 heteroatoms. The number of hydrogen-bond donors (Lipinski definition) is 1. The van der Waals surface area contributed by atoms with Gasteiger partial charge in [-0.1, -0.05) is 41.9 Å². The van der Waals surface area contributed by atoms with E-state index < -0.39 is 0 Å². The molecular weight excluding hydrogens is 422 g/mol. The maximum Gasteiger partial charge on any atom is 0.227 e. The predicted molar refractivity (Wildman–Crippen MR) is 116 cm³/mol. The highest BCUT2D eigenvalue weighted by molar-refractivity contribution is 7.99. The summed E-state index contributed by atoms with van der Waals surface area (Å²) in [4.78, 5) is 16.4. The Balaban J connectivity index is 1.26. The van der Waals surface area contributed by atoms with Gasteiger partial charge in [0, 0.05) is 49.6 Å². The lowest BCUT2D eigenvalue weighted by Crippen LogP contribution is -2.35. The Morgan fingerprint density at radius 1 is 1.30 bits per heavy atom. The Morgan fingerprint density at radius 3 is 2.77 bits per heavy atom. The summed E-state index contributed by atoms with van der Waals surface area (Å²) in [7, 11) is 1.95. The number of aryl methyl sites for hydroxylation is 2. The molecule has 1 aromatic carbocycles. The van der Waals surface area contributed by atoms with Gasteiger partial charge in [0.1, 0.15) is 0 Å². The van der Waals surface area contributed by atoms with Gasteiger partial charge in [-0.05, 0) is 30.5 Å². The van der Waals surface area contributed by atoms with Crippen molar-refractivity contribution in [1.82, 2.24) is 25.1 Å². The van der Waals surface area contributed by atoms with Crippen LogP contribution < -0.4 is 5.32 Å². The van der Waals surface area contributed by atoms with Gasteiger partial charge in [0.05, 0.1) is 5.41 Å². The fourth-order valence-electron chi connectivity index (χ4n) is 3.61. The molecule has 1 aliphatic rings. The molecule has 0 saturated heterocycles. The van der Waals surface area contributed by atoms with Gasteiger partial charge in [-0.15, -0.1) is 10.2 Å². The maximum absolute atomic E-state index is 12.1. The quantitative estimate of drug-likeness (QED) is 0.398. The van der Waals surface area contributed by atoms with Crippen molar-refractivity contribution in [3.63, 3.8) is 0 Å². The summed E-state index contributed by atoms with van der Waals surface area (Å²) in [5, 5.41) is 13.1. The normalized spacial score (nSPS) is 15.0. The molecular formula is C21H24ClN5O2S. The minimum absolute atomic E-state index is 0.0220. The van der Waals surface area contributed by atoms with Crippen molar-refractivity contribution in [2.24, 2.45) is 7.05 Å². The first kappa shape index (κ1) is 20.9. The molecule has 1 saturated carbocycles. The second-order valence-electron chi connectivity index (χ2n) is 7.46. The van der Waals surface area contributed by atoms with Crippen molar-refractivity contribution < 1.29 is 9.21 Å². The SMILES string of the molecule is Cn1ccnc1SCCNC(=O)CCc1nnc(C2(c3ccc(Cl)cc3)CCC2)o1. The molecule has 4 rings (SSSR count). The number of aromatic nitrogens is 4. The van der Waals surface area contributed by atoms with E-state index in [1.165, 1.54) is 0 Å². The number of carbonyl (C=O) groups is 1. The van der Waals surface area contributed by atoms with Gasteiger partial charge in [-0.25, -0.2) is 4.98 Å². The summed E-state index contributed by atoms with van der Waals surface area (Å²) in [5.74, 6) is 1.89. The second kappa shape index (κ2) is 9.22. The average Bonchev–Trinajstić information content (AvgIpc) is 3.34. The highest BCUT2D eigenvalue weighted by atomic mass is 35.5. The van der Waals surface area contributed by atoms with Gasteiger partial charge in [-0.3, -0.25) is 4.79 Å². The number of thioether (sulfide) groups is 1. The van der Waals surface area contributed by atoms with Crippen LogP contribution in [0.2, 0.25) is 5.02 Å². The van der Waals surface area contributed by atoms with Crippen LogP contribution in [0.15, 0.2) is 46.2 Å². The lowest BCUT2D eigenvalue weighted by Gasteiger charge is -2.39. The number of benzene rings is 1. The first-order valence-electron chi connectivity index (χ1n) is 10.0. The molecule has 0 radical (unpaired) electrons. The topological polar surface area (TPSA) is 85.8 Å². The molecule has 0 unspecified atom stereocenters. The zero-order chi connectivity index (χ0) is 21.0. The van der Waals surface area contributed by atoms with E-state index in [4.69, 9.17) is 16.0 Å². The molecule has 3 aromatic rings. The van der Waals surface area contributed by atoms with E-state index in [-0.39, 0.29) is 11.3 Å². The molecule has 2 aromatic heterocycles. The van der Waals surface area contributed by atoms with E-state index in [2.05, 4.69) is 20.5 Å². The van der Waals surface area contributed by atoms with Crippen LogP contribution >= 0.6 is 23.4 Å². The number of rotatable bonds is 9. The van der Waals surface area contributed by atoms with Gasteiger partial charge >= 0.3 is 0 Å². The Morgan fingerprint density at radius 2 is 2.10 bits per heavy atom. The third-order valence-corrected chi connectivity index (χ3v) is 6.79. The standard InChI is InChI=1S/C21H24ClN5O2S/c1-27-13-11-24-20(27)30-14-12-23-17(28)7-8-18-25-26-19(29-18)21(9-2-10-21)15-3-5-16(22)6-4-15/h3-6,11,13H,2,7-10,12,14H2,1H3,(H,23,28). The zero-order valence-corrected chi connectivity index (χ0v) is 18.4. The van der Waals surface area contributed by atoms with E-state index in [1.807, 2.05) is 42.1 Å². The Labute approximate surface area is 184 Å². The molecule has 0 atom stereocenters. The van der Waals surface area contributed by atoms with E-state index in [0.717, 1.165) is 35.7 Å². The van der Waals surface area contributed by atoms with E-state index >= 15 is 0 Å². The minimum Gasteiger partial charge on any atom is -0.424 e. The van der Waals surface area contributed by atoms with Crippen LogP contribution in [0.4, 0.5) is 0 Å². The maximum atomic E-state index is 12.1. The molecule has 7 nitrogen and oxygen atoms in total. The molecule has 2 heterocycles. The van der Waals surface area contributed by atoms with Gasteiger partial charge < -0.3 is 14.3 Å². The molecule has 0 bridgehead atoms. The molecule has 0 spiro atoms. The molecule has 1 aliphatic carbocycles. The zero-order valence-electron chi connectivity index (χ0n) is 16.8. The van der Waals surface area contributed by atoms with Crippen LogP contribution in [0.5, 0.6) is 0 Å². The Bertz CT molecular complexity index is 997. The first-order chi connectivity index (χ1) is 14.6. The summed E-state index contributed by atoms with van der Waals surface area (Å²) < 4.78 is 7.92. The lowest BCUT2D eigenvalue weighted by atomic mass is 9.64. The van der Waals surface area contributed by atoms with Crippen molar-refractivity contribution in [2.75, 3.05) is 12.3 Å². The summed E-state index contributed by atoms with van der Waals surface area (Å²) in [6.45, 7) is 0.588. The number of nitrogens with zero attached hydrogens (tertiary/aromatic N) is 4. The van der Waals surface area contributed by atoms with Crippen LogP contribution in [0.1, 0.15) is 43.0 Å². The molecule has 0 aliphatic heterocycles. The van der Waals surface area contributed by atoms with Crippen LogP contribution in [0.25, 0.3) is 0 Å². The summed E-state index contributed by atoms with van der Waals surface area (Å²) in [6, 6.07) is 7.85. The van der Waals surface area contributed by atoms with E-state index in [9.17, 15) is 4.79 Å². The van der Waals surface area contributed by atoms with Crippen molar-refractivity contribution in [3.8, 4) is 0 Å². The van der Waals surface area contributed by atoms with Gasteiger partial charge in [-0.2, -0.15) is 0 Å². The number of amides is 1. The molecule has 158 valence electrons. The minimum atomic E-state index is -0.222. The van der Waals surface area contributed by atoms with Crippen LogP contribution in [-0.2, 0) is 23.7 Å². The third kappa shape index (κ3) is 4.54. The predicted octanol–water partition coefficient (Wildman–Crippen LogP) is 3.77. The van der Waals surface area contributed by atoms with Gasteiger partial charge in [0.2, 0.25) is 17.7 Å². The first-order valence-corrected chi connectivity index (χ1v) is 11.4. The molecule has 1 N–H and O–H groups in total. The largest absolute Gasteiger partial charge is 0.424 e. The molecule has 1 fully saturated rings. The smallest absolute Gasteiger partial charge is 0.227 e. The van der Waals surface area contributed by atoms with Gasteiger partial charge in [0.25, 0.3) is 0 Å². The number of carbonyl (C=O) groups excluding carboxylic acids is 1. The van der Waals surface area contributed by atoms with Crippen LogP contribution in [-0.4, -0.2) is 38.0 Å². The van der Waals surface area contributed by atoms with Crippen molar-refractivity contribution >= 4 is 29.3 Å². The highest BCUT2D eigenvalue weighted by Gasteiger charge is 2.45. The van der Waals surface area contributed by atoms with Crippen LogP contribution in [0, 0.1) is 0 Å². The average molecular weight is 446 g/mol. The highest BCUT2D eigenvalue weighted by Crippen LogP contribution is 2.48. The summed E-state index contributed by atoms with van der Waals surface area (Å²) in [5.41, 5.74) is 0.927. The fourth-order valence-corrected chi connectivity index (χ4v) is 4.52. The fraction of sp³-hybridized carbons (Fsp3) is 0.429. The number of halogens is 1. The van der Waals surface area contributed by atoms with Crippen molar-refractivity contribution in [2.45, 2.75) is 42.7 Å². The van der Waals surface area contributed by atoms with Crippen molar-refractivity contribution in [3.05, 3.63) is 59.0 Å². The Hall–Kier alpha value is -2.32. The number of nitrogens with one attached hydrogen (secondary N) is 1. The summed E-state index contributed by atoms with van der Waals surface area (Å²) in [6.07, 6.45) is 7.50. The lowest BCUT2D eigenvalue weighted by molar-refractivity contribution is -0.121. The summed E-state index contributed by atoms with van der Waals surface area (Å²) >= 11 is 7.64. The van der Waals surface area contributed by atoms with Gasteiger partial charge in [0.15, 0.2) is 5.16 Å². The molecule has 30 heavy (non-hydrogen) atoms. The van der Waals surface area contributed by atoms with E-state index in [1.54, 1.807) is 18.0 Å². The van der Waals surface area contributed by atoms with E-state index in [0.29, 0.717) is 36.2 Å². The number of hydrogen-bond acceptors (Lipinski definition) is 6. The van der Waals surface area contributed by atoms with Crippen LogP contribution in [0.3, 0.4) is 0 Å². The number of imidazole rings is 1. The molecule has 1 amide bonds. The monoisotopic (exact) mass is 445 g/mol. The Kier molecular flexibility index (Phi) is 6.43.